The number of nitrogen functional groups attached to an aromatic ring is 1. The molecule has 0 spiro atoms. The van der Waals surface area contributed by atoms with Gasteiger partial charge in [-0.15, -0.1) is 0 Å². The van der Waals surface area contributed by atoms with Crippen molar-refractivity contribution in [2.24, 2.45) is 5.92 Å². The van der Waals surface area contributed by atoms with Crippen LogP contribution in [0, 0.1) is 12.8 Å². The molecule has 0 bridgehead atoms. The zero-order valence-electron chi connectivity index (χ0n) is 13.1. The minimum atomic E-state index is -3.55. The average Bonchev–Trinajstić information content (AvgIpc) is 2.32. The lowest BCUT2D eigenvalue weighted by Gasteiger charge is -2.17. The molecule has 120 valence electrons. The van der Waals surface area contributed by atoms with Gasteiger partial charge in [0, 0.05) is 16.2 Å². The number of nitrogens with one attached hydrogen (secondary N) is 1. The number of hydrogen-bond acceptors (Lipinski definition) is 3. The van der Waals surface area contributed by atoms with Gasteiger partial charge in [-0.25, -0.2) is 13.1 Å². The summed E-state index contributed by atoms with van der Waals surface area (Å²) in [5, 5.41) is 0. The lowest BCUT2D eigenvalue weighted by Crippen LogP contribution is -2.33. The molecule has 21 heavy (non-hydrogen) atoms. The second kappa shape index (κ2) is 7.61. The van der Waals surface area contributed by atoms with Crippen molar-refractivity contribution in [3.8, 4) is 0 Å². The van der Waals surface area contributed by atoms with Crippen molar-refractivity contribution in [1.82, 2.24) is 4.72 Å². The summed E-state index contributed by atoms with van der Waals surface area (Å²) in [6.45, 7) is 7.96. The molecule has 6 heteroatoms. The van der Waals surface area contributed by atoms with Crippen molar-refractivity contribution < 1.29 is 8.42 Å². The first-order valence-corrected chi connectivity index (χ1v) is 9.49. The SMILES string of the molecule is Cc1c(N)cc(Br)cc1S(=O)(=O)NC(C)CCCC(C)C. The molecule has 0 aliphatic heterocycles. The molecule has 0 aliphatic carbocycles. The van der Waals surface area contributed by atoms with Crippen LogP contribution in [0.25, 0.3) is 0 Å². The van der Waals surface area contributed by atoms with Gasteiger partial charge in [0.15, 0.2) is 0 Å². The minimum absolute atomic E-state index is 0.0895. The summed E-state index contributed by atoms with van der Waals surface area (Å²) < 4.78 is 28.4. The fourth-order valence-electron chi connectivity index (χ4n) is 2.17. The fraction of sp³-hybridized carbons (Fsp3) is 0.600. The molecule has 0 amide bonds. The van der Waals surface area contributed by atoms with Crippen molar-refractivity contribution >= 4 is 31.6 Å². The normalized spacial score (nSPS) is 13.6. The van der Waals surface area contributed by atoms with E-state index in [0.29, 0.717) is 21.6 Å². The first kappa shape index (κ1) is 18.5. The summed E-state index contributed by atoms with van der Waals surface area (Å²) in [5.74, 6) is 0.640. The lowest BCUT2D eigenvalue weighted by atomic mass is 10.0. The second-order valence-corrected chi connectivity index (χ2v) is 8.56. The topological polar surface area (TPSA) is 72.2 Å². The Kier molecular flexibility index (Phi) is 6.69. The summed E-state index contributed by atoms with van der Waals surface area (Å²) in [6, 6.07) is 3.21. The maximum atomic E-state index is 12.5. The highest BCUT2D eigenvalue weighted by atomic mass is 79.9. The van der Waals surface area contributed by atoms with Gasteiger partial charge in [-0.1, -0.05) is 42.6 Å². The van der Waals surface area contributed by atoms with Crippen LogP contribution in [0.3, 0.4) is 0 Å². The maximum Gasteiger partial charge on any atom is 0.241 e. The maximum absolute atomic E-state index is 12.5. The molecule has 0 aromatic heterocycles. The minimum Gasteiger partial charge on any atom is -0.398 e. The van der Waals surface area contributed by atoms with E-state index in [2.05, 4.69) is 34.5 Å². The van der Waals surface area contributed by atoms with Crippen LogP contribution in [0.1, 0.15) is 45.6 Å². The van der Waals surface area contributed by atoms with Gasteiger partial charge in [0.05, 0.1) is 4.90 Å². The lowest BCUT2D eigenvalue weighted by molar-refractivity contribution is 0.488. The third-order valence-electron chi connectivity index (χ3n) is 3.43. The first-order chi connectivity index (χ1) is 9.63. The van der Waals surface area contributed by atoms with Crippen LogP contribution in [0.2, 0.25) is 0 Å². The number of halogens is 1. The van der Waals surface area contributed by atoms with Crippen molar-refractivity contribution in [3.05, 3.63) is 22.2 Å². The third kappa shape index (κ3) is 5.60. The van der Waals surface area contributed by atoms with Gasteiger partial charge in [-0.2, -0.15) is 0 Å². The van der Waals surface area contributed by atoms with Gasteiger partial charge in [0.2, 0.25) is 10.0 Å². The van der Waals surface area contributed by atoms with Crippen LogP contribution < -0.4 is 10.5 Å². The van der Waals surface area contributed by atoms with Gasteiger partial charge < -0.3 is 5.73 Å². The van der Waals surface area contributed by atoms with Crippen molar-refractivity contribution in [2.75, 3.05) is 5.73 Å². The Morgan fingerprint density at radius 1 is 1.24 bits per heavy atom. The van der Waals surface area contributed by atoms with E-state index in [4.69, 9.17) is 5.73 Å². The molecule has 1 rings (SSSR count). The Balaban J connectivity index is 2.82. The van der Waals surface area contributed by atoms with E-state index in [9.17, 15) is 8.42 Å². The number of nitrogens with two attached hydrogens (primary N) is 1. The van der Waals surface area contributed by atoms with E-state index in [1.54, 1.807) is 19.1 Å². The number of anilines is 1. The van der Waals surface area contributed by atoms with Gasteiger partial charge in [-0.3, -0.25) is 0 Å². The molecule has 4 nitrogen and oxygen atoms in total. The summed E-state index contributed by atoms with van der Waals surface area (Å²) in [7, 11) is -3.55. The highest BCUT2D eigenvalue weighted by Gasteiger charge is 2.21. The Bertz CT molecular complexity index is 586. The molecule has 1 unspecified atom stereocenters. The Morgan fingerprint density at radius 2 is 1.86 bits per heavy atom. The molecule has 1 aromatic carbocycles. The van der Waals surface area contributed by atoms with Crippen LogP contribution in [0.5, 0.6) is 0 Å². The zero-order valence-corrected chi connectivity index (χ0v) is 15.5. The Morgan fingerprint density at radius 3 is 2.43 bits per heavy atom. The van der Waals surface area contributed by atoms with Crippen LogP contribution >= 0.6 is 15.9 Å². The van der Waals surface area contributed by atoms with E-state index in [-0.39, 0.29) is 10.9 Å². The van der Waals surface area contributed by atoms with E-state index >= 15 is 0 Å². The smallest absolute Gasteiger partial charge is 0.241 e. The highest BCUT2D eigenvalue weighted by molar-refractivity contribution is 9.10. The van der Waals surface area contributed by atoms with E-state index in [0.717, 1.165) is 19.3 Å². The molecule has 3 N–H and O–H groups in total. The second-order valence-electron chi connectivity index (χ2n) is 5.97. The predicted octanol–water partition coefficient (Wildman–Crippen LogP) is 3.83. The highest BCUT2D eigenvalue weighted by Crippen LogP contribution is 2.26. The summed E-state index contributed by atoms with van der Waals surface area (Å²) >= 11 is 3.29. The molecule has 0 fully saturated rings. The van der Waals surface area contributed by atoms with E-state index < -0.39 is 10.0 Å². The Labute approximate surface area is 136 Å². The molecule has 0 radical (unpaired) electrons. The average molecular weight is 377 g/mol. The third-order valence-corrected chi connectivity index (χ3v) is 5.60. The molecule has 1 aromatic rings. The monoisotopic (exact) mass is 376 g/mol. The number of sulfonamides is 1. The van der Waals surface area contributed by atoms with Gasteiger partial charge in [0.1, 0.15) is 0 Å². The zero-order chi connectivity index (χ0) is 16.2. The molecule has 0 saturated carbocycles. The fourth-order valence-corrected chi connectivity index (χ4v) is 4.38. The predicted molar refractivity (Wildman–Crippen MR) is 91.8 cm³/mol. The molecular formula is C15H25BrN2O2S. The van der Waals surface area contributed by atoms with Crippen molar-refractivity contribution in [1.29, 1.82) is 0 Å². The summed E-state index contributed by atoms with van der Waals surface area (Å²) in [4.78, 5) is 0.241. The van der Waals surface area contributed by atoms with Crippen LogP contribution in [-0.4, -0.2) is 14.5 Å². The largest absolute Gasteiger partial charge is 0.398 e. The van der Waals surface area contributed by atoms with Crippen LogP contribution in [0.15, 0.2) is 21.5 Å². The quantitative estimate of drug-likeness (QED) is 0.710. The van der Waals surface area contributed by atoms with Crippen molar-refractivity contribution in [3.63, 3.8) is 0 Å². The Hall–Kier alpha value is -0.590. The summed E-state index contributed by atoms with van der Waals surface area (Å²) in [6.07, 6.45) is 2.95. The first-order valence-electron chi connectivity index (χ1n) is 7.21. The van der Waals surface area contributed by atoms with Gasteiger partial charge >= 0.3 is 0 Å². The number of hydrogen-bond donors (Lipinski definition) is 2. The number of rotatable bonds is 7. The van der Waals surface area contributed by atoms with Crippen LogP contribution in [0.4, 0.5) is 5.69 Å². The van der Waals surface area contributed by atoms with E-state index in [1.165, 1.54) is 0 Å². The molecule has 1 atom stereocenters. The number of benzene rings is 1. The summed E-state index contributed by atoms with van der Waals surface area (Å²) in [5.41, 5.74) is 6.89. The standard InChI is InChI=1S/C15H25BrN2O2S/c1-10(2)6-5-7-11(3)18-21(19,20)15-9-13(16)8-14(17)12(15)4/h8-11,18H,5-7,17H2,1-4H3. The van der Waals surface area contributed by atoms with Gasteiger partial charge in [0.25, 0.3) is 0 Å². The molecule has 0 heterocycles. The molecule has 0 aliphatic rings. The van der Waals surface area contributed by atoms with Crippen LogP contribution in [-0.2, 0) is 10.0 Å². The molecule has 0 saturated heterocycles. The van der Waals surface area contributed by atoms with Gasteiger partial charge in [-0.05, 0) is 43.9 Å². The van der Waals surface area contributed by atoms with E-state index in [1.807, 2.05) is 6.92 Å². The molecular weight excluding hydrogens is 352 g/mol. The van der Waals surface area contributed by atoms with Crippen molar-refractivity contribution in [2.45, 2.75) is 57.9 Å².